The average molecular weight is 308 g/mol. The molecule has 0 fully saturated rings. The Balaban J connectivity index is 1.91. The number of amides is 1. The standard InChI is InChI=1S/C16H15ClFNO2/c1-19(10-12-6-2-3-7-13(12)17)16(20)11-21-15-9-5-4-8-14(15)18/h2-9H,10-11H2,1H3. The Morgan fingerprint density at radius 2 is 1.86 bits per heavy atom. The maximum Gasteiger partial charge on any atom is 0.260 e. The minimum atomic E-state index is -0.487. The van der Waals surface area contributed by atoms with Crippen LogP contribution in [0.25, 0.3) is 0 Å². The summed E-state index contributed by atoms with van der Waals surface area (Å²) in [4.78, 5) is 13.5. The first kappa shape index (κ1) is 15.3. The van der Waals surface area contributed by atoms with Crippen molar-refractivity contribution < 1.29 is 13.9 Å². The molecule has 2 aromatic carbocycles. The Labute approximate surface area is 127 Å². The van der Waals surface area contributed by atoms with Crippen molar-refractivity contribution in [2.24, 2.45) is 0 Å². The molecule has 2 rings (SSSR count). The lowest BCUT2D eigenvalue weighted by Crippen LogP contribution is -2.31. The molecule has 3 nitrogen and oxygen atoms in total. The number of nitrogens with zero attached hydrogens (tertiary/aromatic N) is 1. The van der Waals surface area contributed by atoms with Crippen molar-refractivity contribution in [3.05, 3.63) is 64.9 Å². The summed E-state index contributed by atoms with van der Waals surface area (Å²) in [6.07, 6.45) is 0. The Hall–Kier alpha value is -2.07. The second-order valence-corrected chi connectivity index (χ2v) is 4.97. The first-order valence-corrected chi connectivity index (χ1v) is 6.80. The Kier molecular flexibility index (Phi) is 5.17. The van der Waals surface area contributed by atoms with E-state index >= 15 is 0 Å². The van der Waals surface area contributed by atoms with E-state index < -0.39 is 5.82 Å². The van der Waals surface area contributed by atoms with Crippen LogP contribution in [0.5, 0.6) is 5.75 Å². The summed E-state index contributed by atoms with van der Waals surface area (Å²) in [6.45, 7) is 0.154. The van der Waals surface area contributed by atoms with E-state index in [2.05, 4.69) is 0 Å². The highest BCUT2D eigenvalue weighted by Crippen LogP contribution is 2.17. The molecule has 0 saturated carbocycles. The average Bonchev–Trinajstić information content (AvgIpc) is 2.48. The molecule has 21 heavy (non-hydrogen) atoms. The molecule has 2 aromatic rings. The van der Waals surface area contributed by atoms with Gasteiger partial charge in [-0.2, -0.15) is 0 Å². The van der Waals surface area contributed by atoms with E-state index in [0.717, 1.165) is 5.56 Å². The van der Waals surface area contributed by atoms with Crippen molar-refractivity contribution in [2.45, 2.75) is 6.54 Å². The molecule has 1 amide bonds. The summed E-state index contributed by atoms with van der Waals surface area (Å²) in [6, 6.07) is 13.3. The third-order valence-electron chi connectivity index (χ3n) is 2.98. The molecule has 0 bridgehead atoms. The molecule has 0 saturated heterocycles. The number of rotatable bonds is 5. The van der Waals surface area contributed by atoms with Crippen molar-refractivity contribution in [2.75, 3.05) is 13.7 Å². The number of halogens is 2. The summed E-state index contributed by atoms with van der Waals surface area (Å²) < 4.78 is 18.6. The quantitative estimate of drug-likeness (QED) is 0.846. The minimum Gasteiger partial charge on any atom is -0.481 e. The van der Waals surface area contributed by atoms with Crippen LogP contribution in [0.3, 0.4) is 0 Å². The fraction of sp³-hybridized carbons (Fsp3) is 0.188. The van der Waals surface area contributed by atoms with Crippen molar-refractivity contribution in [3.63, 3.8) is 0 Å². The van der Waals surface area contributed by atoms with Crippen LogP contribution in [0, 0.1) is 5.82 Å². The zero-order chi connectivity index (χ0) is 15.2. The topological polar surface area (TPSA) is 29.5 Å². The number of benzene rings is 2. The monoisotopic (exact) mass is 307 g/mol. The van der Waals surface area contributed by atoms with Crippen LogP contribution in [0.15, 0.2) is 48.5 Å². The molecule has 0 aliphatic rings. The number of likely N-dealkylation sites (N-methyl/N-ethyl adjacent to an activating group) is 1. The zero-order valence-electron chi connectivity index (χ0n) is 11.6. The number of para-hydroxylation sites is 1. The molecular formula is C16H15ClFNO2. The lowest BCUT2D eigenvalue weighted by molar-refractivity contribution is -0.132. The van der Waals surface area contributed by atoms with Crippen LogP contribution in [0.4, 0.5) is 4.39 Å². The minimum absolute atomic E-state index is 0.0667. The fourth-order valence-electron chi connectivity index (χ4n) is 1.78. The molecule has 0 N–H and O–H groups in total. The van der Waals surface area contributed by atoms with Crippen molar-refractivity contribution in [3.8, 4) is 5.75 Å². The van der Waals surface area contributed by atoms with E-state index in [4.69, 9.17) is 16.3 Å². The van der Waals surface area contributed by atoms with Gasteiger partial charge in [0.1, 0.15) is 0 Å². The molecule has 0 atom stereocenters. The first-order valence-electron chi connectivity index (χ1n) is 6.42. The van der Waals surface area contributed by atoms with Gasteiger partial charge in [0.15, 0.2) is 18.2 Å². The summed E-state index contributed by atoms with van der Waals surface area (Å²) in [5, 5.41) is 0.604. The van der Waals surface area contributed by atoms with Crippen molar-refractivity contribution in [1.82, 2.24) is 4.90 Å². The molecule has 0 radical (unpaired) electrons. The summed E-state index contributed by atoms with van der Waals surface area (Å²) >= 11 is 6.05. The van der Waals surface area contributed by atoms with Gasteiger partial charge in [-0.25, -0.2) is 4.39 Å². The molecular weight excluding hydrogens is 293 g/mol. The lowest BCUT2D eigenvalue weighted by atomic mass is 10.2. The van der Waals surface area contributed by atoms with E-state index in [1.54, 1.807) is 25.2 Å². The Morgan fingerprint density at radius 1 is 1.19 bits per heavy atom. The van der Waals surface area contributed by atoms with E-state index in [9.17, 15) is 9.18 Å². The fourth-order valence-corrected chi connectivity index (χ4v) is 1.98. The van der Waals surface area contributed by atoms with E-state index in [-0.39, 0.29) is 18.3 Å². The predicted octanol–water partition coefficient (Wildman–Crippen LogP) is 3.52. The highest BCUT2D eigenvalue weighted by molar-refractivity contribution is 6.31. The van der Waals surface area contributed by atoms with Gasteiger partial charge < -0.3 is 9.64 Å². The molecule has 0 aliphatic carbocycles. The summed E-state index contributed by atoms with van der Waals surface area (Å²) in [5.41, 5.74) is 0.848. The summed E-state index contributed by atoms with van der Waals surface area (Å²) in [7, 11) is 1.65. The zero-order valence-corrected chi connectivity index (χ0v) is 12.3. The van der Waals surface area contributed by atoms with Gasteiger partial charge in [-0.1, -0.05) is 41.9 Å². The normalized spacial score (nSPS) is 10.2. The second kappa shape index (κ2) is 7.09. The van der Waals surface area contributed by atoms with Crippen molar-refractivity contribution >= 4 is 17.5 Å². The van der Waals surface area contributed by atoms with Crippen LogP contribution in [-0.2, 0) is 11.3 Å². The van der Waals surface area contributed by atoms with Gasteiger partial charge in [-0.3, -0.25) is 4.79 Å². The maximum atomic E-state index is 13.4. The Morgan fingerprint density at radius 3 is 2.57 bits per heavy atom. The molecule has 110 valence electrons. The molecule has 0 spiro atoms. The molecule has 5 heteroatoms. The predicted molar refractivity (Wildman–Crippen MR) is 79.8 cm³/mol. The number of ether oxygens (including phenoxy) is 1. The van der Waals surface area contributed by atoms with Gasteiger partial charge in [0.05, 0.1) is 0 Å². The van der Waals surface area contributed by atoms with Crippen LogP contribution >= 0.6 is 11.6 Å². The van der Waals surface area contributed by atoms with Gasteiger partial charge in [-0.05, 0) is 23.8 Å². The van der Waals surface area contributed by atoms with E-state index in [1.807, 2.05) is 18.2 Å². The number of hydrogen-bond acceptors (Lipinski definition) is 2. The van der Waals surface area contributed by atoms with E-state index in [1.165, 1.54) is 17.0 Å². The van der Waals surface area contributed by atoms with Gasteiger partial charge >= 0.3 is 0 Å². The van der Waals surface area contributed by atoms with Crippen LogP contribution in [0.1, 0.15) is 5.56 Å². The van der Waals surface area contributed by atoms with Gasteiger partial charge in [0, 0.05) is 18.6 Å². The van der Waals surface area contributed by atoms with Crippen LogP contribution < -0.4 is 4.74 Å². The second-order valence-electron chi connectivity index (χ2n) is 4.56. The smallest absolute Gasteiger partial charge is 0.260 e. The molecule has 0 unspecified atom stereocenters. The summed E-state index contributed by atoms with van der Waals surface area (Å²) in [5.74, 6) is -0.672. The molecule has 0 aliphatic heterocycles. The van der Waals surface area contributed by atoms with Crippen LogP contribution in [0.2, 0.25) is 5.02 Å². The Bertz CT molecular complexity index is 633. The van der Waals surface area contributed by atoms with Crippen LogP contribution in [-0.4, -0.2) is 24.5 Å². The van der Waals surface area contributed by atoms with E-state index in [0.29, 0.717) is 11.6 Å². The lowest BCUT2D eigenvalue weighted by Gasteiger charge is -2.18. The highest BCUT2D eigenvalue weighted by atomic mass is 35.5. The largest absolute Gasteiger partial charge is 0.481 e. The third-order valence-corrected chi connectivity index (χ3v) is 3.35. The third kappa shape index (κ3) is 4.20. The van der Waals surface area contributed by atoms with Gasteiger partial charge in [0.2, 0.25) is 0 Å². The van der Waals surface area contributed by atoms with Gasteiger partial charge in [-0.15, -0.1) is 0 Å². The number of carbonyl (C=O) groups is 1. The highest BCUT2D eigenvalue weighted by Gasteiger charge is 2.12. The van der Waals surface area contributed by atoms with Gasteiger partial charge in [0.25, 0.3) is 5.91 Å². The number of hydrogen-bond donors (Lipinski definition) is 0. The molecule has 0 aromatic heterocycles. The first-order chi connectivity index (χ1) is 10.1. The maximum absolute atomic E-state index is 13.4. The SMILES string of the molecule is CN(Cc1ccccc1Cl)C(=O)COc1ccccc1F. The number of carbonyl (C=O) groups excluding carboxylic acids is 1. The molecule has 0 heterocycles. The van der Waals surface area contributed by atoms with Crippen molar-refractivity contribution in [1.29, 1.82) is 0 Å².